The molecule has 2 aromatic heterocycles. The van der Waals surface area contributed by atoms with Crippen LogP contribution in [0.5, 0.6) is 0 Å². The summed E-state index contributed by atoms with van der Waals surface area (Å²) in [6, 6.07) is -0.111. The Bertz CT molecular complexity index is 452. The Balaban J connectivity index is 2.36. The molecular formula is C9H10BrN3S2. The third-order valence-corrected chi connectivity index (χ3v) is 4.78. The van der Waals surface area contributed by atoms with Crippen LogP contribution < -0.4 is 5.73 Å². The van der Waals surface area contributed by atoms with Crippen molar-refractivity contribution in [1.82, 2.24) is 9.59 Å². The Labute approximate surface area is 105 Å². The lowest BCUT2D eigenvalue weighted by atomic mass is 10.1. The second-order valence-corrected chi connectivity index (χ2v) is 5.47. The first kappa shape index (κ1) is 11.2. The van der Waals surface area contributed by atoms with Crippen LogP contribution >= 0.6 is 38.8 Å². The lowest BCUT2D eigenvalue weighted by molar-refractivity contribution is 0.854. The number of aryl methyl sites for hydroxylation is 1. The molecule has 15 heavy (non-hydrogen) atoms. The molecule has 0 amide bonds. The fourth-order valence-corrected chi connectivity index (χ4v) is 3.69. The molecule has 0 spiro atoms. The molecule has 0 aliphatic heterocycles. The molecule has 0 radical (unpaired) electrons. The molecule has 2 heterocycles. The largest absolute Gasteiger partial charge is 0.319 e. The fraction of sp³-hybridized carbons (Fsp3) is 0.333. The topological polar surface area (TPSA) is 51.8 Å². The van der Waals surface area contributed by atoms with Crippen LogP contribution in [0.4, 0.5) is 0 Å². The van der Waals surface area contributed by atoms with Crippen LogP contribution in [0.15, 0.2) is 15.2 Å². The van der Waals surface area contributed by atoms with Crippen molar-refractivity contribution < 1.29 is 0 Å². The van der Waals surface area contributed by atoms with Crippen molar-refractivity contribution in [1.29, 1.82) is 0 Å². The molecule has 0 saturated heterocycles. The number of nitrogens with two attached hydrogens (primary N) is 1. The first-order chi connectivity index (χ1) is 7.24. The molecule has 0 saturated carbocycles. The Hall–Kier alpha value is -0.300. The minimum Gasteiger partial charge on any atom is -0.319 e. The summed E-state index contributed by atoms with van der Waals surface area (Å²) in [6.45, 7) is 2.07. The third-order valence-electron chi connectivity index (χ3n) is 2.18. The molecule has 3 nitrogen and oxygen atoms in total. The van der Waals surface area contributed by atoms with Gasteiger partial charge in [-0.15, -0.1) is 5.10 Å². The van der Waals surface area contributed by atoms with Crippen molar-refractivity contribution in [2.45, 2.75) is 19.4 Å². The second-order valence-electron chi connectivity index (χ2n) is 3.09. The summed E-state index contributed by atoms with van der Waals surface area (Å²) in [5.74, 6) is 0. The highest BCUT2D eigenvalue weighted by molar-refractivity contribution is 9.10. The van der Waals surface area contributed by atoms with Gasteiger partial charge in [0.15, 0.2) is 0 Å². The zero-order valence-corrected chi connectivity index (χ0v) is 11.3. The highest BCUT2D eigenvalue weighted by Crippen LogP contribution is 2.32. The van der Waals surface area contributed by atoms with Crippen molar-refractivity contribution in [2.24, 2.45) is 5.73 Å². The van der Waals surface area contributed by atoms with Gasteiger partial charge < -0.3 is 5.73 Å². The Morgan fingerprint density at radius 2 is 2.33 bits per heavy atom. The molecule has 2 N–H and O–H groups in total. The zero-order chi connectivity index (χ0) is 10.8. The van der Waals surface area contributed by atoms with Crippen LogP contribution in [0, 0.1) is 0 Å². The van der Waals surface area contributed by atoms with Crippen LogP contribution in [0.2, 0.25) is 0 Å². The molecule has 2 rings (SSSR count). The van der Waals surface area contributed by atoms with Crippen LogP contribution in [-0.4, -0.2) is 9.59 Å². The standard InChI is InChI=1S/C9H10BrN3S2/c1-2-7-9(15-13-12-7)8(11)5-3-14-4-6(5)10/h3-4,8H,2,11H2,1H3. The molecule has 0 aromatic carbocycles. The maximum Gasteiger partial charge on any atom is 0.0804 e. The molecule has 80 valence electrons. The quantitative estimate of drug-likeness (QED) is 0.948. The van der Waals surface area contributed by atoms with E-state index in [0.29, 0.717) is 0 Å². The maximum atomic E-state index is 6.19. The van der Waals surface area contributed by atoms with Crippen molar-refractivity contribution in [3.8, 4) is 0 Å². The van der Waals surface area contributed by atoms with Crippen molar-refractivity contribution >= 4 is 38.8 Å². The summed E-state index contributed by atoms with van der Waals surface area (Å²) in [5.41, 5.74) is 8.31. The molecule has 0 bridgehead atoms. The van der Waals surface area contributed by atoms with Crippen molar-refractivity contribution in [3.05, 3.63) is 31.4 Å². The molecule has 0 aliphatic carbocycles. The minimum atomic E-state index is -0.111. The summed E-state index contributed by atoms with van der Waals surface area (Å²) in [4.78, 5) is 1.07. The van der Waals surface area contributed by atoms with Gasteiger partial charge in [0.05, 0.1) is 16.6 Å². The first-order valence-electron chi connectivity index (χ1n) is 4.52. The van der Waals surface area contributed by atoms with E-state index in [1.54, 1.807) is 11.3 Å². The first-order valence-corrected chi connectivity index (χ1v) is 7.03. The van der Waals surface area contributed by atoms with Gasteiger partial charge in [0, 0.05) is 9.85 Å². The Kier molecular flexibility index (Phi) is 3.50. The molecule has 1 atom stereocenters. The van der Waals surface area contributed by atoms with Gasteiger partial charge in [0.1, 0.15) is 0 Å². The van der Waals surface area contributed by atoms with E-state index in [-0.39, 0.29) is 6.04 Å². The molecule has 6 heteroatoms. The lowest BCUT2D eigenvalue weighted by Gasteiger charge is -2.09. The smallest absolute Gasteiger partial charge is 0.0804 e. The van der Waals surface area contributed by atoms with Gasteiger partial charge in [-0.3, -0.25) is 0 Å². The molecule has 1 unspecified atom stereocenters. The zero-order valence-electron chi connectivity index (χ0n) is 8.11. The van der Waals surface area contributed by atoms with Crippen molar-refractivity contribution in [2.75, 3.05) is 0 Å². The third kappa shape index (κ3) is 2.13. The highest BCUT2D eigenvalue weighted by atomic mass is 79.9. The SMILES string of the molecule is CCc1nnsc1C(N)c1cscc1Br. The van der Waals surface area contributed by atoms with Crippen LogP contribution in [0.25, 0.3) is 0 Å². The van der Waals surface area contributed by atoms with Gasteiger partial charge in [0.2, 0.25) is 0 Å². The summed E-state index contributed by atoms with van der Waals surface area (Å²) in [6.07, 6.45) is 0.876. The normalized spacial score (nSPS) is 13.0. The van der Waals surface area contributed by atoms with Crippen molar-refractivity contribution in [3.63, 3.8) is 0 Å². The summed E-state index contributed by atoms with van der Waals surface area (Å²) < 4.78 is 5.02. The maximum absolute atomic E-state index is 6.19. The van der Waals surface area contributed by atoms with Gasteiger partial charge in [-0.05, 0) is 44.8 Å². The predicted octanol–water partition coefficient (Wildman–Crippen LogP) is 2.97. The highest BCUT2D eigenvalue weighted by Gasteiger charge is 2.18. The van der Waals surface area contributed by atoms with Crippen LogP contribution in [-0.2, 0) is 6.42 Å². The summed E-state index contributed by atoms with van der Waals surface area (Å²) >= 11 is 6.52. The fourth-order valence-electron chi connectivity index (χ4n) is 1.35. The van der Waals surface area contributed by atoms with Gasteiger partial charge in [-0.2, -0.15) is 11.3 Å². The number of hydrogen-bond donors (Lipinski definition) is 1. The molecule has 0 aliphatic rings. The number of thiophene rings is 1. The van der Waals surface area contributed by atoms with E-state index in [0.717, 1.165) is 27.0 Å². The van der Waals surface area contributed by atoms with Gasteiger partial charge in [-0.25, -0.2) is 0 Å². The summed E-state index contributed by atoms with van der Waals surface area (Å²) in [5, 5.41) is 8.17. The van der Waals surface area contributed by atoms with Crippen LogP contribution in [0.1, 0.15) is 29.1 Å². The number of aromatic nitrogens is 2. The van der Waals surface area contributed by atoms with E-state index in [1.165, 1.54) is 11.5 Å². The van der Waals surface area contributed by atoms with E-state index in [2.05, 4.69) is 37.8 Å². The van der Waals surface area contributed by atoms with E-state index < -0.39 is 0 Å². The number of halogens is 1. The minimum absolute atomic E-state index is 0.111. The van der Waals surface area contributed by atoms with E-state index in [1.807, 2.05) is 5.38 Å². The van der Waals surface area contributed by atoms with E-state index >= 15 is 0 Å². The monoisotopic (exact) mass is 303 g/mol. The summed E-state index contributed by atoms with van der Waals surface area (Å²) in [7, 11) is 0. The predicted molar refractivity (Wildman–Crippen MR) is 67.3 cm³/mol. The molecule has 0 fully saturated rings. The van der Waals surface area contributed by atoms with E-state index in [4.69, 9.17) is 5.73 Å². The second kappa shape index (κ2) is 4.69. The van der Waals surface area contributed by atoms with Gasteiger partial charge in [-0.1, -0.05) is 11.4 Å². The number of nitrogens with zero attached hydrogens (tertiary/aromatic N) is 2. The Morgan fingerprint density at radius 1 is 1.53 bits per heavy atom. The average molecular weight is 304 g/mol. The Morgan fingerprint density at radius 3 is 2.93 bits per heavy atom. The van der Waals surface area contributed by atoms with Crippen LogP contribution in [0.3, 0.4) is 0 Å². The molecule has 2 aromatic rings. The van der Waals surface area contributed by atoms with Gasteiger partial charge >= 0.3 is 0 Å². The average Bonchev–Trinajstić information content (AvgIpc) is 2.84. The number of rotatable bonds is 3. The van der Waals surface area contributed by atoms with E-state index in [9.17, 15) is 0 Å². The van der Waals surface area contributed by atoms with Gasteiger partial charge in [0.25, 0.3) is 0 Å². The molecular weight excluding hydrogens is 294 g/mol. The number of hydrogen-bond acceptors (Lipinski definition) is 5. The lowest BCUT2D eigenvalue weighted by Crippen LogP contribution is -2.11.